The van der Waals surface area contributed by atoms with E-state index in [1.54, 1.807) is 0 Å². The van der Waals surface area contributed by atoms with E-state index < -0.39 is 32.6 Å². The number of methoxy groups -OCH3 is 1. The zero-order valence-corrected chi connectivity index (χ0v) is 14.1. The monoisotopic (exact) mass is 364 g/mol. The molecule has 2 N–H and O–H groups in total. The summed E-state index contributed by atoms with van der Waals surface area (Å²) in [5.41, 5.74) is 1.62. The average Bonchev–Trinajstić information content (AvgIpc) is 2.56. The number of ether oxygens (including phenoxy) is 1. The Morgan fingerprint density at radius 1 is 1.30 bits per heavy atom. The first kappa shape index (κ1) is 18.0. The van der Waals surface area contributed by atoms with Crippen LogP contribution in [0, 0.1) is 5.82 Å². The molecule has 6 nitrogen and oxygen atoms in total. The van der Waals surface area contributed by atoms with E-state index in [1.165, 1.54) is 13.2 Å². The topological polar surface area (TPSA) is 84.5 Å². The van der Waals surface area contributed by atoms with E-state index >= 15 is 0 Å². The minimum Gasteiger partial charge on any atom is -0.497 e. The predicted molar refractivity (Wildman–Crippen MR) is 84.4 cm³/mol. The highest BCUT2D eigenvalue weighted by Gasteiger charge is 2.28. The van der Waals surface area contributed by atoms with Crippen LogP contribution in [0.3, 0.4) is 0 Å². The molecular weight excluding hydrogens is 347 g/mol. The number of nitrogens with one attached hydrogen (secondary N) is 2. The third kappa shape index (κ3) is 4.33. The second kappa shape index (κ2) is 7.46. The maximum atomic E-state index is 13.9. The zero-order chi connectivity index (χ0) is 17.0. The summed E-state index contributed by atoms with van der Waals surface area (Å²) in [7, 11) is -2.35. The molecule has 0 radical (unpaired) electrons. The molecule has 0 atom stereocenters. The molecule has 2 rings (SSSR count). The number of carbonyl (C=O) groups excluding carboxylic acids is 1. The molecule has 0 unspecified atom stereocenters. The van der Waals surface area contributed by atoms with Gasteiger partial charge < -0.3 is 4.74 Å². The number of hydrogen-bond donors (Lipinski definition) is 2. The molecule has 1 aromatic rings. The van der Waals surface area contributed by atoms with E-state index in [4.69, 9.17) is 16.3 Å². The lowest BCUT2D eigenvalue weighted by Crippen LogP contribution is -2.46. The van der Waals surface area contributed by atoms with Gasteiger partial charge in [0, 0.05) is 6.07 Å². The molecule has 0 aliphatic heterocycles. The summed E-state index contributed by atoms with van der Waals surface area (Å²) >= 11 is 5.68. The second-order valence-corrected chi connectivity index (χ2v) is 7.70. The molecule has 1 saturated carbocycles. The van der Waals surface area contributed by atoms with Gasteiger partial charge in [-0.15, -0.1) is 4.83 Å². The van der Waals surface area contributed by atoms with Crippen molar-refractivity contribution in [2.45, 2.75) is 37.4 Å². The number of hydrogen-bond acceptors (Lipinski definition) is 4. The van der Waals surface area contributed by atoms with Crippen molar-refractivity contribution < 1.29 is 22.3 Å². The highest BCUT2D eigenvalue weighted by molar-refractivity contribution is 7.90. The maximum Gasteiger partial charge on any atom is 0.269 e. The molecule has 0 bridgehead atoms. The number of amides is 1. The number of benzene rings is 1. The largest absolute Gasteiger partial charge is 0.497 e. The fourth-order valence-electron chi connectivity index (χ4n) is 2.49. The van der Waals surface area contributed by atoms with Gasteiger partial charge in [-0.05, 0) is 18.9 Å². The first-order chi connectivity index (χ1) is 10.8. The SMILES string of the molecule is COc1cc(Cl)c(F)c(C(=O)NNS(=O)(=O)C2CCCCC2)c1. The van der Waals surface area contributed by atoms with Gasteiger partial charge in [0.1, 0.15) is 5.75 Å². The first-order valence-corrected chi connectivity index (χ1v) is 9.11. The van der Waals surface area contributed by atoms with Gasteiger partial charge in [-0.25, -0.2) is 12.8 Å². The smallest absolute Gasteiger partial charge is 0.269 e. The lowest BCUT2D eigenvalue weighted by molar-refractivity contribution is 0.0940. The Kier molecular flexibility index (Phi) is 5.83. The van der Waals surface area contributed by atoms with Gasteiger partial charge in [0.2, 0.25) is 10.0 Å². The minimum absolute atomic E-state index is 0.191. The summed E-state index contributed by atoms with van der Waals surface area (Å²) in [6, 6.07) is 2.37. The number of rotatable bonds is 5. The summed E-state index contributed by atoms with van der Waals surface area (Å²) in [5, 5.41) is -0.833. The normalized spacial score (nSPS) is 16.1. The van der Waals surface area contributed by atoms with Gasteiger partial charge in [0.15, 0.2) is 5.82 Å². The molecule has 128 valence electrons. The molecule has 1 aliphatic rings. The lowest BCUT2D eigenvalue weighted by atomic mass is 10.0. The zero-order valence-electron chi connectivity index (χ0n) is 12.6. The fraction of sp³-hybridized carbons (Fsp3) is 0.500. The first-order valence-electron chi connectivity index (χ1n) is 7.19. The highest BCUT2D eigenvalue weighted by Crippen LogP contribution is 2.25. The minimum atomic E-state index is -3.69. The third-order valence-corrected chi connectivity index (χ3v) is 5.79. The summed E-state index contributed by atoms with van der Waals surface area (Å²) in [6.07, 6.45) is 3.76. The van der Waals surface area contributed by atoms with Crippen molar-refractivity contribution in [3.8, 4) is 5.75 Å². The van der Waals surface area contributed by atoms with Crippen LogP contribution in [0.1, 0.15) is 42.5 Å². The Balaban J connectivity index is 2.09. The van der Waals surface area contributed by atoms with Crippen LogP contribution in [0.25, 0.3) is 0 Å². The Morgan fingerprint density at radius 3 is 2.57 bits per heavy atom. The van der Waals surface area contributed by atoms with Gasteiger partial charge in [-0.2, -0.15) is 0 Å². The third-order valence-electron chi connectivity index (χ3n) is 3.78. The van der Waals surface area contributed by atoms with Crippen LogP contribution in [0.5, 0.6) is 5.75 Å². The number of carbonyl (C=O) groups is 1. The van der Waals surface area contributed by atoms with Gasteiger partial charge in [-0.1, -0.05) is 30.9 Å². The predicted octanol–water partition coefficient (Wildman–Crippen LogP) is 2.38. The molecule has 0 spiro atoms. The summed E-state index contributed by atoms with van der Waals surface area (Å²) in [5.74, 6) is -1.69. The van der Waals surface area contributed by atoms with Crippen molar-refractivity contribution in [1.29, 1.82) is 0 Å². The fourth-order valence-corrected chi connectivity index (χ4v) is 4.06. The Hall–Kier alpha value is -1.38. The maximum absolute atomic E-state index is 13.9. The van der Waals surface area contributed by atoms with Gasteiger partial charge >= 0.3 is 0 Å². The molecule has 1 fully saturated rings. The standard InChI is InChI=1S/C14H18ClFN2O4S/c1-22-9-7-11(13(16)12(15)8-9)14(19)17-18-23(20,21)10-5-3-2-4-6-10/h7-8,10,18H,2-6H2,1H3,(H,17,19). The molecule has 0 heterocycles. The molecule has 0 aromatic heterocycles. The van der Waals surface area contributed by atoms with E-state index in [0.29, 0.717) is 12.8 Å². The van der Waals surface area contributed by atoms with Crippen LogP contribution in [-0.4, -0.2) is 26.7 Å². The van der Waals surface area contributed by atoms with E-state index in [-0.39, 0.29) is 10.8 Å². The molecular formula is C14H18ClFN2O4S. The highest BCUT2D eigenvalue weighted by atomic mass is 35.5. The van der Waals surface area contributed by atoms with Gasteiger partial charge in [0.05, 0.1) is 22.9 Å². The second-order valence-electron chi connectivity index (χ2n) is 5.33. The Labute approximate surface area is 139 Å². The van der Waals surface area contributed by atoms with Crippen molar-refractivity contribution >= 4 is 27.5 Å². The van der Waals surface area contributed by atoms with E-state index in [2.05, 4.69) is 0 Å². The summed E-state index contributed by atoms with van der Waals surface area (Å²) in [6.45, 7) is 0. The van der Waals surface area contributed by atoms with Crippen molar-refractivity contribution in [1.82, 2.24) is 10.3 Å². The number of halogens is 2. The van der Waals surface area contributed by atoms with Crippen LogP contribution in [0.4, 0.5) is 4.39 Å². The van der Waals surface area contributed by atoms with Crippen LogP contribution in [0.2, 0.25) is 5.02 Å². The van der Waals surface area contributed by atoms with E-state index in [9.17, 15) is 17.6 Å². The Morgan fingerprint density at radius 2 is 1.96 bits per heavy atom. The Bertz CT molecular complexity index is 690. The summed E-state index contributed by atoms with van der Waals surface area (Å²) < 4.78 is 43.1. The summed E-state index contributed by atoms with van der Waals surface area (Å²) in [4.78, 5) is 14.1. The van der Waals surface area contributed by atoms with Crippen molar-refractivity contribution in [3.05, 3.63) is 28.5 Å². The molecule has 23 heavy (non-hydrogen) atoms. The number of hydrazine groups is 1. The van der Waals surface area contributed by atoms with E-state index in [0.717, 1.165) is 25.3 Å². The van der Waals surface area contributed by atoms with Gasteiger partial charge in [-0.3, -0.25) is 10.2 Å². The quantitative estimate of drug-likeness (QED) is 0.786. The van der Waals surface area contributed by atoms with Crippen LogP contribution in [0.15, 0.2) is 12.1 Å². The molecule has 0 saturated heterocycles. The molecule has 1 aliphatic carbocycles. The van der Waals surface area contributed by atoms with Crippen molar-refractivity contribution in [3.63, 3.8) is 0 Å². The number of sulfonamides is 1. The molecule has 1 amide bonds. The van der Waals surface area contributed by atoms with Crippen LogP contribution < -0.4 is 15.0 Å². The van der Waals surface area contributed by atoms with Crippen LogP contribution >= 0.6 is 11.6 Å². The molecule has 9 heteroatoms. The van der Waals surface area contributed by atoms with Gasteiger partial charge in [0.25, 0.3) is 5.91 Å². The average molecular weight is 365 g/mol. The lowest BCUT2D eigenvalue weighted by Gasteiger charge is -2.22. The van der Waals surface area contributed by atoms with Crippen molar-refractivity contribution in [2.24, 2.45) is 0 Å². The molecule has 1 aromatic carbocycles. The van der Waals surface area contributed by atoms with Crippen molar-refractivity contribution in [2.75, 3.05) is 7.11 Å². The van der Waals surface area contributed by atoms with Crippen LogP contribution in [-0.2, 0) is 10.0 Å². The van der Waals surface area contributed by atoms with E-state index in [1.807, 2.05) is 10.3 Å².